The Morgan fingerprint density at radius 2 is 1.67 bits per heavy atom. The molecular weight excluding hydrogens is 438 g/mol. The number of carbonyl (C=O) groups excluding carboxylic acids is 2. The third kappa shape index (κ3) is 4.37. The lowest BCUT2D eigenvalue weighted by atomic mass is 10.1. The zero-order valence-corrected chi connectivity index (χ0v) is 19.3. The maximum atomic E-state index is 12.5. The van der Waals surface area contributed by atoms with Gasteiger partial charge in [-0.15, -0.1) is 11.8 Å². The molecule has 0 bridgehead atoms. The minimum atomic E-state index is -0.212. The van der Waals surface area contributed by atoms with Crippen molar-refractivity contribution in [3.8, 4) is 17.6 Å². The van der Waals surface area contributed by atoms with E-state index < -0.39 is 0 Å². The molecule has 33 heavy (non-hydrogen) atoms. The molecule has 0 fully saturated rings. The van der Waals surface area contributed by atoms with Crippen LogP contribution >= 0.6 is 11.8 Å². The molecular formula is C25H23N3O4S. The van der Waals surface area contributed by atoms with Crippen LogP contribution < -0.4 is 9.47 Å². The molecule has 3 aromatic rings. The van der Waals surface area contributed by atoms with Crippen molar-refractivity contribution in [3.05, 3.63) is 59.3 Å². The summed E-state index contributed by atoms with van der Waals surface area (Å²) in [5.74, 6) is 1.55. The quantitative estimate of drug-likeness (QED) is 0.259. The minimum absolute atomic E-state index is 0.212. The van der Waals surface area contributed by atoms with Crippen LogP contribution in [-0.4, -0.2) is 48.2 Å². The second-order valence-electron chi connectivity index (χ2n) is 7.55. The highest BCUT2D eigenvalue weighted by molar-refractivity contribution is 7.99. The molecule has 0 N–H and O–H groups in total. The third-order valence-corrected chi connectivity index (χ3v) is 6.82. The standard InChI is InChI=1S/C25H23N3O4S/c1-31-21-12-19-20(13-22(21)32-2)27-15-16(14-26)23(19)33-11-7-3-6-10-28-24(29)17-8-4-5-9-18(17)25(28)30/h4-5,8-9,12-13,15H,3,6-7,10-11H2,1-2H3. The molecule has 0 aliphatic carbocycles. The van der Waals surface area contributed by atoms with Gasteiger partial charge in [0, 0.05) is 29.1 Å². The number of pyridine rings is 1. The summed E-state index contributed by atoms with van der Waals surface area (Å²) in [5.41, 5.74) is 2.22. The smallest absolute Gasteiger partial charge is 0.261 e. The normalized spacial score (nSPS) is 12.7. The van der Waals surface area contributed by atoms with Crippen LogP contribution in [-0.2, 0) is 0 Å². The van der Waals surface area contributed by atoms with E-state index >= 15 is 0 Å². The van der Waals surface area contributed by atoms with Crippen molar-refractivity contribution in [2.45, 2.75) is 24.2 Å². The minimum Gasteiger partial charge on any atom is -0.493 e. The molecule has 0 saturated heterocycles. The van der Waals surface area contributed by atoms with Crippen molar-refractivity contribution in [1.29, 1.82) is 5.26 Å². The molecule has 7 nitrogen and oxygen atoms in total. The number of nitriles is 1. The first-order valence-corrected chi connectivity index (χ1v) is 11.6. The first kappa shape index (κ1) is 22.6. The number of methoxy groups -OCH3 is 2. The summed E-state index contributed by atoms with van der Waals surface area (Å²) in [6, 6.07) is 12.8. The maximum absolute atomic E-state index is 12.5. The molecule has 8 heteroatoms. The fourth-order valence-electron chi connectivity index (χ4n) is 3.90. The van der Waals surface area contributed by atoms with Crippen molar-refractivity contribution < 1.29 is 19.1 Å². The van der Waals surface area contributed by atoms with Gasteiger partial charge in [0.05, 0.1) is 36.4 Å². The van der Waals surface area contributed by atoms with Gasteiger partial charge in [0.2, 0.25) is 0 Å². The second-order valence-corrected chi connectivity index (χ2v) is 8.66. The number of benzene rings is 2. The number of thioether (sulfide) groups is 1. The van der Waals surface area contributed by atoms with E-state index in [4.69, 9.17) is 9.47 Å². The van der Waals surface area contributed by atoms with E-state index in [1.165, 1.54) is 4.90 Å². The van der Waals surface area contributed by atoms with E-state index in [9.17, 15) is 14.9 Å². The number of hydrogen-bond donors (Lipinski definition) is 0. The van der Waals surface area contributed by atoms with Crippen LogP contribution in [0.3, 0.4) is 0 Å². The molecule has 1 aliphatic heterocycles. The van der Waals surface area contributed by atoms with Gasteiger partial charge in [-0.1, -0.05) is 18.6 Å². The highest BCUT2D eigenvalue weighted by Gasteiger charge is 2.34. The van der Waals surface area contributed by atoms with Crippen LogP contribution in [0.4, 0.5) is 0 Å². The summed E-state index contributed by atoms with van der Waals surface area (Å²) in [6.07, 6.45) is 4.07. The van der Waals surface area contributed by atoms with Gasteiger partial charge in [-0.25, -0.2) is 0 Å². The molecule has 0 saturated carbocycles. The van der Waals surface area contributed by atoms with Crippen LogP contribution in [0.1, 0.15) is 45.5 Å². The fraction of sp³-hybridized carbons (Fsp3) is 0.280. The van der Waals surface area contributed by atoms with Gasteiger partial charge < -0.3 is 9.47 Å². The van der Waals surface area contributed by atoms with Gasteiger partial charge in [-0.2, -0.15) is 5.26 Å². The Kier molecular flexibility index (Phi) is 6.80. The Balaban J connectivity index is 1.36. The molecule has 2 aromatic carbocycles. The highest BCUT2D eigenvalue weighted by Crippen LogP contribution is 2.37. The van der Waals surface area contributed by atoms with Crippen molar-refractivity contribution in [2.75, 3.05) is 26.5 Å². The summed E-state index contributed by atoms with van der Waals surface area (Å²) in [7, 11) is 3.15. The van der Waals surface area contributed by atoms with E-state index in [1.54, 1.807) is 56.4 Å². The van der Waals surface area contributed by atoms with Gasteiger partial charge in [-0.05, 0) is 36.8 Å². The Labute approximate surface area is 196 Å². The number of ether oxygens (including phenoxy) is 2. The number of imide groups is 1. The first-order chi connectivity index (χ1) is 16.1. The van der Waals surface area contributed by atoms with Crippen LogP contribution in [0.5, 0.6) is 11.5 Å². The molecule has 168 valence electrons. The number of nitrogens with zero attached hydrogens (tertiary/aromatic N) is 3. The Morgan fingerprint density at radius 1 is 1.00 bits per heavy atom. The summed E-state index contributed by atoms with van der Waals surface area (Å²) in [5, 5.41) is 10.4. The lowest BCUT2D eigenvalue weighted by molar-refractivity contribution is 0.0651. The second kappa shape index (κ2) is 9.92. The van der Waals surface area contributed by atoms with E-state index in [2.05, 4.69) is 11.1 Å². The number of unbranched alkanes of at least 4 members (excludes halogenated alkanes) is 2. The van der Waals surface area contributed by atoms with Crippen molar-refractivity contribution in [2.24, 2.45) is 0 Å². The van der Waals surface area contributed by atoms with Gasteiger partial charge in [0.1, 0.15) is 6.07 Å². The van der Waals surface area contributed by atoms with Gasteiger partial charge in [0.15, 0.2) is 11.5 Å². The average Bonchev–Trinajstić information content (AvgIpc) is 3.09. The molecule has 2 heterocycles. The molecule has 0 spiro atoms. The van der Waals surface area contributed by atoms with Crippen LogP contribution in [0, 0.1) is 11.3 Å². The van der Waals surface area contributed by atoms with Crippen LogP contribution in [0.15, 0.2) is 47.5 Å². The first-order valence-electron chi connectivity index (χ1n) is 10.6. The Morgan fingerprint density at radius 3 is 2.30 bits per heavy atom. The molecule has 1 aromatic heterocycles. The summed E-state index contributed by atoms with van der Waals surface area (Å²) in [4.78, 5) is 31.5. The predicted molar refractivity (Wildman–Crippen MR) is 126 cm³/mol. The average molecular weight is 462 g/mol. The third-order valence-electron chi connectivity index (χ3n) is 5.59. The van der Waals surface area contributed by atoms with Crippen molar-refractivity contribution >= 4 is 34.5 Å². The number of hydrogen-bond acceptors (Lipinski definition) is 7. The summed E-state index contributed by atoms with van der Waals surface area (Å²) >= 11 is 1.60. The van der Waals surface area contributed by atoms with E-state index in [0.717, 1.165) is 40.8 Å². The largest absolute Gasteiger partial charge is 0.493 e. The maximum Gasteiger partial charge on any atom is 0.261 e. The van der Waals surface area contributed by atoms with E-state index in [1.807, 2.05) is 12.1 Å². The fourth-order valence-corrected chi connectivity index (χ4v) is 5.02. The number of fused-ring (bicyclic) bond motifs is 2. The van der Waals surface area contributed by atoms with Gasteiger partial charge >= 0.3 is 0 Å². The highest BCUT2D eigenvalue weighted by atomic mass is 32.2. The molecule has 0 radical (unpaired) electrons. The Hall–Kier alpha value is -3.57. The molecule has 4 rings (SSSR count). The Bertz CT molecular complexity index is 1230. The molecule has 0 atom stereocenters. The monoisotopic (exact) mass is 461 g/mol. The molecule has 0 unspecified atom stereocenters. The molecule has 1 aliphatic rings. The zero-order chi connectivity index (χ0) is 23.4. The van der Waals surface area contributed by atoms with Crippen LogP contribution in [0.2, 0.25) is 0 Å². The lowest BCUT2D eigenvalue weighted by Crippen LogP contribution is -2.30. The zero-order valence-electron chi connectivity index (χ0n) is 18.5. The molecule has 2 amide bonds. The number of rotatable bonds is 9. The topological polar surface area (TPSA) is 92.5 Å². The number of aromatic nitrogens is 1. The van der Waals surface area contributed by atoms with Crippen molar-refractivity contribution in [3.63, 3.8) is 0 Å². The van der Waals surface area contributed by atoms with Crippen LogP contribution in [0.25, 0.3) is 10.9 Å². The van der Waals surface area contributed by atoms with Gasteiger partial charge in [0.25, 0.3) is 11.8 Å². The summed E-state index contributed by atoms with van der Waals surface area (Å²) in [6.45, 7) is 0.412. The van der Waals surface area contributed by atoms with E-state index in [-0.39, 0.29) is 11.8 Å². The SMILES string of the molecule is COc1cc2ncc(C#N)c(SCCCCCN3C(=O)c4ccccc4C3=O)c2cc1OC. The lowest BCUT2D eigenvalue weighted by Gasteiger charge is -2.14. The number of carbonyl (C=O) groups is 2. The summed E-state index contributed by atoms with van der Waals surface area (Å²) < 4.78 is 10.8. The van der Waals surface area contributed by atoms with E-state index in [0.29, 0.717) is 34.7 Å². The number of amides is 2. The van der Waals surface area contributed by atoms with Gasteiger partial charge in [-0.3, -0.25) is 19.5 Å². The predicted octanol–water partition coefficient (Wildman–Crippen LogP) is 4.68. The van der Waals surface area contributed by atoms with Crippen molar-refractivity contribution in [1.82, 2.24) is 9.88 Å².